The van der Waals surface area contributed by atoms with Crippen molar-refractivity contribution in [2.24, 2.45) is 0 Å². The molecule has 0 heterocycles. The first-order valence-corrected chi connectivity index (χ1v) is 5.22. The minimum atomic E-state index is -4.42. The molecule has 0 saturated carbocycles. The lowest BCUT2D eigenvalue weighted by Gasteiger charge is -2.10. The Morgan fingerprint density at radius 3 is 2.42 bits per heavy atom. The summed E-state index contributed by atoms with van der Waals surface area (Å²) < 4.78 is 57.5. The lowest BCUT2D eigenvalue weighted by Crippen LogP contribution is -2.30. The normalized spacial score (nSPS) is 11.5. The van der Waals surface area contributed by atoms with Crippen molar-refractivity contribution in [3.8, 4) is 5.75 Å². The van der Waals surface area contributed by atoms with Gasteiger partial charge < -0.3 is 19.5 Å². The molecule has 4 nitrogen and oxygen atoms in total. The molecular weight excluding hydrogens is 271 g/mol. The van der Waals surface area contributed by atoms with Crippen LogP contribution in [0.1, 0.15) is 0 Å². The zero-order chi connectivity index (χ0) is 14.5. The van der Waals surface area contributed by atoms with Crippen molar-refractivity contribution in [1.82, 2.24) is 0 Å². The Morgan fingerprint density at radius 2 is 1.84 bits per heavy atom. The van der Waals surface area contributed by atoms with Crippen molar-refractivity contribution in [3.05, 3.63) is 24.0 Å². The van der Waals surface area contributed by atoms with Gasteiger partial charge in [0.15, 0.2) is 11.6 Å². The molecule has 0 amide bonds. The summed E-state index contributed by atoms with van der Waals surface area (Å²) in [6.45, 7) is -2.07. The van der Waals surface area contributed by atoms with Gasteiger partial charge in [0.25, 0.3) is 0 Å². The highest BCUT2D eigenvalue weighted by Gasteiger charge is 2.27. The lowest BCUT2D eigenvalue weighted by molar-refractivity contribution is -0.175. The van der Waals surface area contributed by atoms with E-state index in [0.29, 0.717) is 0 Å². The lowest BCUT2D eigenvalue weighted by atomic mass is 9.80. The van der Waals surface area contributed by atoms with Crippen molar-refractivity contribution >= 4 is 12.6 Å². The van der Waals surface area contributed by atoms with Crippen molar-refractivity contribution in [1.29, 1.82) is 0 Å². The Kier molecular flexibility index (Phi) is 5.58. The summed E-state index contributed by atoms with van der Waals surface area (Å²) in [5, 5.41) is 17.7. The summed E-state index contributed by atoms with van der Waals surface area (Å²) in [6.07, 6.45) is -4.42. The molecule has 0 fully saturated rings. The third-order valence-corrected chi connectivity index (χ3v) is 2.00. The second kappa shape index (κ2) is 6.74. The Labute approximate surface area is 106 Å². The number of halogens is 4. The molecule has 106 valence electrons. The first-order chi connectivity index (χ1) is 8.79. The van der Waals surface area contributed by atoms with E-state index in [1.165, 1.54) is 0 Å². The SMILES string of the molecule is OB(O)c1ccc(F)c(OCCOCC(F)(F)F)c1. The summed E-state index contributed by atoms with van der Waals surface area (Å²) in [6, 6.07) is 3.15. The van der Waals surface area contributed by atoms with E-state index in [1.807, 2.05) is 0 Å². The minimum absolute atomic E-state index is 0.00705. The fraction of sp³-hybridized carbons (Fsp3) is 0.400. The maximum Gasteiger partial charge on any atom is 0.488 e. The Morgan fingerprint density at radius 1 is 1.16 bits per heavy atom. The number of hydrogen-bond donors (Lipinski definition) is 2. The quantitative estimate of drug-likeness (QED) is 0.452. The van der Waals surface area contributed by atoms with Gasteiger partial charge in [-0.15, -0.1) is 0 Å². The van der Waals surface area contributed by atoms with Crippen LogP contribution in [0.5, 0.6) is 5.75 Å². The van der Waals surface area contributed by atoms with Gasteiger partial charge in [-0.25, -0.2) is 4.39 Å². The minimum Gasteiger partial charge on any atom is -0.488 e. The molecule has 0 radical (unpaired) electrons. The average molecular weight is 282 g/mol. The smallest absolute Gasteiger partial charge is 0.488 e. The van der Waals surface area contributed by atoms with Crippen LogP contribution in [0.15, 0.2) is 18.2 Å². The molecule has 0 aliphatic rings. The molecule has 19 heavy (non-hydrogen) atoms. The fourth-order valence-corrected chi connectivity index (χ4v) is 1.19. The molecule has 1 aromatic rings. The van der Waals surface area contributed by atoms with Crippen LogP contribution in [0.3, 0.4) is 0 Å². The number of ether oxygens (including phenoxy) is 2. The van der Waals surface area contributed by atoms with E-state index in [2.05, 4.69) is 4.74 Å². The topological polar surface area (TPSA) is 58.9 Å². The van der Waals surface area contributed by atoms with E-state index in [4.69, 9.17) is 14.8 Å². The molecule has 0 saturated heterocycles. The van der Waals surface area contributed by atoms with Crippen LogP contribution in [0.4, 0.5) is 17.6 Å². The van der Waals surface area contributed by atoms with E-state index in [-0.39, 0.29) is 24.4 Å². The molecule has 1 aromatic carbocycles. The highest BCUT2D eigenvalue weighted by Crippen LogP contribution is 2.16. The molecule has 0 atom stereocenters. The van der Waals surface area contributed by atoms with E-state index >= 15 is 0 Å². The van der Waals surface area contributed by atoms with Crippen molar-refractivity contribution in [3.63, 3.8) is 0 Å². The van der Waals surface area contributed by atoms with Gasteiger partial charge >= 0.3 is 13.3 Å². The standard InChI is InChI=1S/C10H11BF4O4/c12-8-2-1-7(11(16)17)5-9(8)19-4-3-18-6-10(13,14)15/h1-2,5,16-17H,3-4,6H2. The van der Waals surface area contributed by atoms with Crippen molar-refractivity contribution in [2.75, 3.05) is 19.8 Å². The van der Waals surface area contributed by atoms with Gasteiger partial charge in [-0.2, -0.15) is 13.2 Å². The zero-order valence-corrected chi connectivity index (χ0v) is 9.65. The van der Waals surface area contributed by atoms with Gasteiger partial charge in [0.1, 0.15) is 13.2 Å². The van der Waals surface area contributed by atoms with Crippen LogP contribution in [-0.2, 0) is 4.74 Å². The molecule has 1 rings (SSSR count). The summed E-state index contributed by atoms with van der Waals surface area (Å²) >= 11 is 0. The largest absolute Gasteiger partial charge is 0.488 e. The molecule has 0 bridgehead atoms. The number of rotatable bonds is 6. The molecular formula is C10H11BF4O4. The number of benzene rings is 1. The molecule has 9 heteroatoms. The molecule has 0 spiro atoms. The first-order valence-electron chi connectivity index (χ1n) is 5.22. The van der Waals surface area contributed by atoms with Crippen molar-refractivity contribution < 1.29 is 37.1 Å². The Bertz CT molecular complexity index is 411. The predicted molar refractivity (Wildman–Crippen MR) is 58.6 cm³/mol. The highest BCUT2D eigenvalue weighted by molar-refractivity contribution is 6.58. The molecule has 0 aliphatic carbocycles. The molecule has 0 unspecified atom stereocenters. The summed E-state index contributed by atoms with van der Waals surface area (Å²) in [5.74, 6) is -1.05. The van der Waals surface area contributed by atoms with Crippen LogP contribution < -0.4 is 10.2 Å². The summed E-state index contributed by atoms with van der Waals surface area (Å²) in [5.41, 5.74) is 0.00705. The molecule has 2 N–H and O–H groups in total. The van der Waals surface area contributed by atoms with Gasteiger partial charge in [0.2, 0.25) is 0 Å². The Hall–Kier alpha value is -1.32. The average Bonchev–Trinajstić information content (AvgIpc) is 2.29. The van der Waals surface area contributed by atoms with Crippen LogP contribution >= 0.6 is 0 Å². The maximum atomic E-state index is 13.2. The van der Waals surface area contributed by atoms with Gasteiger partial charge in [-0.1, -0.05) is 6.07 Å². The van der Waals surface area contributed by atoms with Gasteiger partial charge in [-0.3, -0.25) is 0 Å². The molecule has 0 aromatic heterocycles. The van der Waals surface area contributed by atoms with Gasteiger partial charge in [0, 0.05) is 0 Å². The van der Waals surface area contributed by atoms with E-state index < -0.39 is 25.7 Å². The third kappa shape index (κ3) is 5.90. The van der Waals surface area contributed by atoms with Crippen LogP contribution in [0.2, 0.25) is 0 Å². The van der Waals surface area contributed by atoms with Crippen LogP contribution in [-0.4, -0.2) is 43.2 Å². The third-order valence-electron chi connectivity index (χ3n) is 2.00. The maximum absolute atomic E-state index is 13.2. The van der Waals surface area contributed by atoms with Crippen LogP contribution in [0.25, 0.3) is 0 Å². The summed E-state index contributed by atoms with van der Waals surface area (Å²) in [4.78, 5) is 0. The Balaban J connectivity index is 2.42. The van der Waals surface area contributed by atoms with E-state index in [1.54, 1.807) is 0 Å². The monoisotopic (exact) mass is 282 g/mol. The van der Waals surface area contributed by atoms with Crippen molar-refractivity contribution in [2.45, 2.75) is 6.18 Å². The summed E-state index contributed by atoms with van der Waals surface area (Å²) in [7, 11) is -1.79. The van der Waals surface area contributed by atoms with Gasteiger partial charge in [0.05, 0.1) is 6.61 Å². The second-order valence-electron chi connectivity index (χ2n) is 3.58. The van der Waals surface area contributed by atoms with Crippen LogP contribution in [0, 0.1) is 5.82 Å². The predicted octanol–water partition coefficient (Wildman–Crippen LogP) is 0.463. The van der Waals surface area contributed by atoms with Gasteiger partial charge in [-0.05, 0) is 17.6 Å². The first kappa shape index (κ1) is 15.7. The van der Waals surface area contributed by atoms with E-state index in [9.17, 15) is 17.6 Å². The number of alkyl halides is 3. The second-order valence-corrected chi connectivity index (χ2v) is 3.58. The fourth-order valence-electron chi connectivity index (χ4n) is 1.19. The number of hydrogen-bond acceptors (Lipinski definition) is 4. The highest BCUT2D eigenvalue weighted by atomic mass is 19.4. The zero-order valence-electron chi connectivity index (χ0n) is 9.65. The van der Waals surface area contributed by atoms with E-state index in [0.717, 1.165) is 18.2 Å². The molecule has 0 aliphatic heterocycles.